The molecule has 0 heterocycles. The number of hydrogen-bond acceptors (Lipinski definition) is 3. The van der Waals surface area contributed by atoms with E-state index >= 15 is 0 Å². The Kier molecular flexibility index (Phi) is 7.38. The van der Waals surface area contributed by atoms with Crippen LogP contribution in [0.1, 0.15) is 28.9 Å². The summed E-state index contributed by atoms with van der Waals surface area (Å²) in [6, 6.07) is 9.99. The average Bonchev–Trinajstić information content (AvgIpc) is 2.59. The topological polar surface area (TPSA) is 67.4 Å². The Balaban J connectivity index is 1.94. The van der Waals surface area contributed by atoms with E-state index in [0.29, 0.717) is 15.6 Å². The molecule has 144 valence electrons. The monoisotopic (exact) mass is 416 g/mol. The molecule has 2 amide bonds. The summed E-state index contributed by atoms with van der Waals surface area (Å²) in [5, 5.41) is 5.91. The summed E-state index contributed by atoms with van der Waals surface area (Å²) in [5.41, 5.74) is 0.566. The average molecular weight is 417 g/mol. The van der Waals surface area contributed by atoms with E-state index in [4.69, 9.17) is 23.2 Å². The van der Waals surface area contributed by atoms with Gasteiger partial charge in [-0.2, -0.15) is 8.78 Å². The van der Waals surface area contributed by atoms with Gasteiger partial charge in [0.25, 0.3) is 5.91 Å². The summed E-state index contributed by atoms with van der Waals surface area (Å²) in [4.78, 5) is 24.2. The Morgan fingerprint density at radius 3 is 2.52 bits per heavy atom. The van der Waals surface area contributed by atoms with E-state index in [1.165, 1.54) is 24.3 Å². The van der Waals surface area contributed by atoms with Gasteiger partial charge in [-0.3, -0.25) is 9.59 Å². The molecule has 2 aromatic carbocycles. The molecular weight excluding hydrogens is 401 g/mol. The number of nitrogens with one attached hydrogen (secondary N) is 2. The zero-order valence-corrected chi connectivity index (χ0v) is 15.7. The summed E-state index contributed by atoms with van der Waals surface area (Å²) in [5.74, 6) is -1.46. The lowest BCUT2D eigenvalue weighted by Crippen LogP contribution is -2.38. The predicted molar refractivity (Wildman–Crippen MR) is 98.4 cm³/mol. The second kappa shape index (κ2) is 9.53. The molecule has 0 aliphatic rings. The SMILES string of the molecule is CC(NC(=O)CNC(=O)c1ccccc1OC(F)F)c1ccc(Cl)cc1Cl. The first-order valence-electron chi connectivity index (χ1n) is 7.84. The Morgan fingerprint density at radius 1 is 1.15 bits per heavy atom. The third-order valence-electron chi connectivity index (χ3n) is 3.56. The molecule has 2 aromatic rings. The van der Waals surface area contributed by atoms with E-state index in [2.05, 4.69) is 15.4 Å². The van der Waals surface area contributed by atoms with Crippen molar-refractivity contribution in [3.05, 3.63) is 63.6 Å². The fourth-order valence-corrected chi connectivity index (χ4v) is 2.90. The van der Waals surface area contributed by atoms with Gasteiger partial charge < -0.3 is 15.4 Å². The van der Waals surface area contributed by atoms with Crippen molar-refractivity contribution in [3.63, 3.8) is 0 Å². The van der Waals surface area contributed by atoms with E-state index in [0.717, 1.165) is 0 Å². The molecule has 0 saturated carbocycles. The van der Waals surface area contributed by atoms with Crippen LogP contribution in [0.3, 0.4) is 0 Å². The zero-order chi connectivity index (χ0) is 20.0. The molecule has 0 saturated heterocycles. The number of ether oxygens (including phenoxy) is 1. The Bertz CT molecular complexity index is 834. The van der Waals surface area contributed by atoms with Crippen LogP contribution in [-0.4, -0.2) is 25.0 Å². The number of benzene rings is 2. The second-order valence-corrected chi connectivity index (χ2v) is 6.36. The molecule has 27 heavy (non-hydrogen) atoms. The van der Waals surface area contributed by atoms with E-state index in [9.17, 15) is 18.4 Å². The minimum Gasteiger partial charge on any atom is -0.434 e. The van der Waals surface area contributed by atoms with Crippen LogP contribution in [0.15, 0.2) is 42.5 Å². The van der Waals surface area contributed by atoms with E-state index < -0.39 is 24.5 Å². The molecule has 0 aliphatic carbocycles. The first-order chi connectivity index (χ1) is 12.8. The van der Waals surface area contributed by atoms with Crippen molar-refractivity contribution in [3.8, 4) is 5.75 Å². The molecule has 2 N–H and O–H groups in total. The van der Waals surface area contributed by atoms with Crippen LogP contribution in [-0.2, 0) is 4.79 Å². The fraction of sp³-hybridized carbons (Fsp3) is 0.222. The van der Waals surface area contributed by atoms with Crippen molar-refractivity contribution in [1.82, 2.24) is 10.6 Å². The first kappa shape index (κ1) is 20.9. The number of rotatable bonds is 7. The first-order valence-corrected chi connectivity index (χ1v) is 8.60. The quantitative estimate of drug-likeness (QED) is 0.710. The third-order valence-corrected chi connectivity index (χ3v) is 4.13. The number of para-hydroxylation sites is 1. The molecule has 1 atom stereocenters. The fourth-order valence-electron chi connectivity index (χ4n) is 2.33. The van der Waals surface area contributed by atoms with Gasteiger partial charge in [0.15, 0.2) is 0 Å². The van der Waals surface area contributed by atoms with Crippen LogP contribution in [0, 0.1) is 0 Å². The number of halogens is 4. The number of amides is 2. The van der Waals surface area contributed by atoms with Crippen LogP contribution in [0.5, 0.6) is 5.75 Å². The van der Waals surface area contributed by atoms with E-state index in [1.54, 1.807) is 25.1 Å². The van der Waals surface area contributed by atoms with E-state index in [1.807, 2.05) is 0 Å². The maximum Gasteiger partial charge on any atom is 0.387 e. The van der Waals surface area contributed by atoms with Crippen LogP contribution in [0.25, 0.3) is 0 Å². The summed E-state index contributed by atoms with van der Waals surface area (Å²) >= 11 is 11.9. The molecule has 0 aliphatic heterocycles. The summed E-state index contributed by atoms with van der Waals surface area (Å²) in [6.07, 6.45) is 0. The molecule has 0 aromatic heterocycles. The molecule has 2 rings (SSSR count). The number of hydrogen-bond donors (Lipinski definition) is 2. The molecular formula is C18H16Cl2F2N2O3. The third kappa shape index (κ3) is 6.08. The number of alkyl halides is 2. The second-order valence-electron chi connectivity index (χ2n) is 5.51. The highest BCUT2D eigenvalue weighted by Gasteiger charge is 2.17. The van der Waals surface area contributed by atoms with Gasteiger partial charge in [-0.25, -0.2) is 0 Å². The van der Waals surface area contributed by atoms with Gasteiger partial charge in [-0.05, 0) is 36.8 Å². The van der Waals surface area contributed by atoms with Gasteiger partial charge in [0.2, 0.25) is 5.91 Å². The van der Waals surface area contributed by atoms with Gasteiger partial charge in [-0.15, -0.1) is 0 Å². The van der Waals surface area contributed by atoms with Gasteiger partial charge >= 0.3 is 6.61 Å². The zero-order valence-electron chi connectivity index (χ0n) is 14.1. The Hall–Kier alpha value is -2.38. The summed E-state index contributed by atoms with van der Waals surface area (Å²) in [7, 11) is 0. The van der Waals surface area contributed by atoms with Crippen molar-refractivity contribution in [2.75, 3.05) is 6.54 Å². The van der Waals surface area contributed by atoms with Crippen LogP contribution >= 0.6 is 23.2 Å². The van der Waals surface area contributed by atoms with Crippen molar-refractivity contribution in [1.29, 1.82) is 0 Å². The lowest BCUT2D eigenvalue weighted by Gasteiger charge is -2.16. The predicted octanol–water partition coefficient (Wildman–Crippen LogP) is 4.20. The molecule has 5 nitrogen and oxygen atoms in total. The van der Waals surface area contributed by atoms with Crippen molar-refractivity contribution >= 4 is 35.0 Å². The Labute approximate surface area is 164 Å². The molecule has 1 unspecified atom stereocenters. The highest BCUT2D eigenvalue weighted by atomic mass is 35.5. The summed E-state index contributed by atoms with van der Waals surface area (Å²) in [6.45, 7) is -1.69. The minimum atomic E-state index is -3.06. The van der Waals surface area contributed by atoms with Gasteiger partial charge in [-0.1, -0.05) is 41.4 Å². The smallest absolute Gasteiger partial charge is 0.387 e. The largest absolute Gasteiger partial charge is 0.434 e. The van der Waals surface area contributed by atoms with Crippen LogP contribution in [0.2, 0.25) is 10.0 Å². The number of carbonyl (C=O) groups excluding carboxylic acids is 2. The van der Waals surface area contributed by atoms with E-state index in [-0.39, 0.29) is 17.9 Å². The van der Waals surface area contributed by atoms with Crippen LogP contribution < -0.4 is 15.4 Å². The van der Waals surface area contributed by atoms with Crippen molar-refractivity contribution in [2.45, 2.75) is 19.6 Å². The highest BCUT2D eigenvalue weighted by Crippen LogP contribution is 2.26. The normalized spacial score (nSPS) is 11.8. The van der Waals surface area contributed by atoms with Gasteiger partial charge in [0, 0.05) is 10.0 Å². The van der Waals surface area contributed by atoms with Gasteiger partial charge in [0.1, 0.15) is 5.75 Å². The maximum atomic E-state index is 12.4. The number of carbonyl (C=O) groups is 2. The highest BCUT2D eigenvalue weighted by molar-refractivity contribution is 6.35. The molecule has 0 fully saturated rings. The molecule has 0 bridgehead atoms. The van der Waals surface area contributed by atoms with Crippen molar-refractivity contribution < 1.29 is 23.1 Å². The lowest BCUT2D eigenvalue weighted by molar-refractivity contribution is -0.120. The minimum absolute atomic E-state index is 0.0978. The van der Waals surface area contributed by atoms with Gasteiger partial charge in [0.05, 0.1) is 18.2 Å². The molecule has 0 spiro atoms. The standard InChI is InChI=1S/C18H16Cl2F2N2O3/c1-10(12-7-6-11(19)8-14(12)20)24-16(25)9-23-17(26)13-4-2-3-5-15(13)27-18(21)22/h2-8,10,18H,9H2,1H3,(H,23,26)(H,24,25). The van der Waals surface area contributed by atoms with Crippen LogP contribution in [0.4, 0.5) is 8.78 Å². The molecule has 9 heteroatoms. The van der Waals surface area contributed by atoms with Crippen molar-refractivity contribution in [2.24, 2.45) is 0 Å². The summed E-state index contributed by atoms with van der Waals surface area (Å²) < 4.78 is 29.1. The maximum absolute atomic E-state index is 12.4. The Morgan fingerprint density at radius 2 is 1.85 bits per heavy atom. The lowest BCUT2D eigenvalue weighted by atomic mass is 10.1. The molecule has 0 radical (unpaired) electrons.